The van der Waals surface area contributed by atoms with Crippen molar-refractivity contribution in [3.05, 3.63) is 63.6 Å². The molecule has 255 valence electrons. The number of esters is 1. The molecule has 0 fully saturated rings. The minimum absolute atomic E-state index is 0. The average molecular weight is 789 g/mol. The zero-order valence-corrected chi connectivity index (χ0v) is 33.1. The molecule has 4 unspecified atom stereocenters. The van der Waals surface area contributed by atoms with Gasteiger partial charge in [0.05, 0.1) is 70.8 Å². The van der Waals surface area contributed by atoms with Gasteiger partial charge in [0.25, 0.3) is 0 Å². The number of aldehydes is 1. The highest BCUT2D eigenvalue weighted by Gasteiger charge is 2.24. The molecule has 3 radical (unpaired) electrons. The van der Waals surface area contributed by atoms with E-state index < -0.39 is 6.04 Å². The third-order valence-electron chi connectivity index (χ3n) is 6.88. The molecule has 3 rings (SSSR count). The fourth-order valence-electron chi connectivity index (χ4n) is 4.30. The number of rotatable bonds is 15. The lowest BCUT2D eigenvalue weighted by Gasteiger charge is -2.22. The van der Waals surface area contributed by atoms with Crippen LogP contribution in [0.5, 0.6) is 40.2 Å². The molecule has 3 aromatic carbocycles. The van der Waals surface area contributed by atoms with E-state index in [4.69, 9.17) is 37.0 Å². The van der Waals surface area contributed by atoms with E-state index in [9.17, 15) is 9.59 Å². The van der Waals surface area contributed by atoms with Crippen LogP contribution in [0.4, 0.5) is 0 Å². The average Bonchev–Trinajstić information content (AvgIpc) is 3.09. The molecule has 1 N–H and O–H groups in total. The van der Waals surface area contributed by atoms with Crippen molar-refractivity contribution in [1.82, 2.24) is 5.32 Å². The second-order valence-corrected chi connectivity index (χ2v) is 11.5. The fourth-order valence-corrected chi connectivity index (χ4v) is 5.56. The van der Waals surface area contributed by atoms with Crippen molar-refractivity contribution in [2.24, 2.45) is 0 Å². The van der Waals surface area contributed by atoms with E-state index in [0.717, 1.165) is 27.4 Å². The Balaban J connectivity index is 0.000000550. The van der Waals surface area contributed by atoms with Crippen LogP contribution in [0.2, 0.25) is 0 Å². The normalized spacial score (nSPS) is 12.1. The molecule has 0 aliphatic carbocycles. The molecule has 0 aliphatic heterocycles. The number of ether oxygens (including phenoxy) is 4. The number of carbonyl (C=O) groups is 2. The van der Waals surface area contributed by atoms with Gasteiger partial charge in [-0.1, -0.05) is 19.9 Å². The first kappa shape index (κ1) is 42.6. The van der Waals surface area contributed by atoms with Crippen LogP contribution in [-0.2, 0) is 14.3 Å². The summed E-state index contributed by atoms with van der Waals surface area (Å²) in [5.74, 6) is 3.20. The van der Waals surface area contributed by atoms with Gasteiger partial charge in [0.15, 0.2) is 23.0 Å². The Morgan fingerprint density at radius 3 is 1.57 bits per heavy atom. The van der Waals surface area contributed by atoms with Crippen molar-refractivity contribution in [2.75, 3.05) is 35.0 Å². The van der Waals surface area contributed by atoms with Crippen molar-refractivity contribution in [2.45, 2.75) is 31.7 Å². The molecule has 47 heavy (non-hydrogen) atoms. The topological polar surface area (TPSA) is 120 Å². The van der Waals surface area contributed by atoms with Gasteiger partial charge in [-0.05, 0) is 74.9 Å². The zero-order valence-electron chi connectivity index (χ0n) is 26.9. The van der Waals surface area contributed by atoms with Crippen LogP contribution in [0.3, 0.4) is 0 Å². The van der Waals surface area contributed by atoms with Gasteiger partial charge in [0.1, 0.15) is 18.1 Å². The number of methoxy groups -OCH3 is 4. The minimum atomic E-state index is -0.632. The maximum absolute atomic E-state index is 12.4. The van der Waals surface area contributed by atoms with Gasteiger partial charge < -0.3 is 47.2 Å². The maximum Gasteiger partial charge on any atom is 0.327 e. The molecule has 0 heterocycles. The summed E-state index contributed by atoms with van der Waals surface area (Å²) < 4.78 is 42.4. The number of nitrogens with one attached hydrogen (secondary N) is 1. The number of benzene rings is 3. The van der Waals surface area contributed by atoms with Gasteiger partial charge in [-0.25, -0.2) is 4.79 Å². The van der Waals surface area contributed by atoms with Crippen molar-refractivity contribution >= 4 is 74.5 Å². The second-order valence-electron chi connectivity index (χ2n) is 9.66. The summed E-state index contributed by atoms with van der Waals surface area (Å²) in [6.45, 7) is 4.34. The Morgan fingerprint density at radius 1 is 0.745 bits per heavy atom. The first-order chi connectivity index (χ1) is 22.1. The predicted molar refractivity (Wildman–Crippen MR) is 199 cm³/mol. The van der Waals surface area contributed by atoms with E-state index in [-0.39, 0.29) is 26.2 Å². The molecule has 0 saturated heterocycles. The fraction of sp³-hybridized carbons (Fsp3) is 0.333. The molecular weight excluding hydrogens is 749 g/mol. The molecule has 0 bridgehead atoms. The van der Waals surface area contributed by atoms with Crippen molar-refractivity contribution in [3.63, 3.8) is 0 Å². The third kappa shape index (κ3) is 11.3. The maximum atomic E-state index is 12.4. The van der Waals surface area contributed by atoms with Gasteiger partial charge in [-0.3, -0.25) is 0 Å². The predicted octanol–water partition coefficient (Wildman–Crippen LogP) is 6.37. The van der Waals surface area contributed by atoms with Gasteiger partial charge in [0.2, 0.25) is 11.5 Å². The molecule has 0 amide bonds. The molecule has 0 spiro atoms. The Kier molecular flexibility index (Phi) is 19.6. The van der Waals surface area contributed by atoms with Crippen LogP contribution in [0.15, 0.2) is 46.9 Å². The number of carbonyl (C=O) groups excluding carboxylic acids is 2. The molecule has 3 aromatic rings. The SMILES string of the molecule is COC(=O)[C@H](NC[C@H](C)c1cc(OP)c(OC)c(OP)c1)c1ccc(OC)c(Br)c1.COc1c(OP)cc([C@@H](C)C=O)cc1OP.[B]. The van der Waals surface area contributed by atoms with E-state index >= 15 is 0 Å². The van der Waals surface area contributed by atoms with Crippen LogP contribution in [0.1, 0.15) is 48.4 Å². The number of halogens is 1. The van der Waals surface area contributed by atoms with Gasteiger partial charge in [-0.2, -0.15) is 0 Å². The Morgan fingerprint density at radius 2 is 1.21 bits per heavy atom. The molecule has 11 nitrogen and oxygen atoms in total. The monoisotopic (exact) mass is 788 g/mol. The summed E-state index contributed by atoms with van der Waals surface area (Å²) in [4.78, 5) is 23.2. The van der Waals surface area contributed by atoms with Crippen LogP contribution >= 0.6 is 53.8 Å². The Bertz CT molecular complexity index is 1420. The van der Waals surface area contributed by atoms with E-state index in [1.165, 1.54) is 14.2 Å². The molecule has 0 aromatic heterocycles. The molecule has 0 aliphatic rings. The van der Waals surface area contributed by atoms with Gasteiger partial charge in [0, 0.05) is 20.9 Å². The van der Waals surface area contributed by atoms with Crippen LogP contribution in [-0.4, -0.2) is 55.7 Å². The summed E-state index contributed by atoms with van der Waals surface area (Å²) in [6, 6.07) is 12.1. The molecule has 17 heteroatoms. The van der Waals surface area contributed by atoms with Gasteiger partial charge >= 0.3 is 5.97 Å². The third-order valence-corrected chi connectivity index (χ3v) is 8.51. The Labute approximate surface area is 296 Å². The van der Waals surface area contributed by atoms with E-state index in [0.29, 0.717) is 46.8 Å². The minimum Gasteiger partial charge on any atom is -0.496 e. The molecule has 7 atom stereocenters. The highest BCUT2D eigenvalue weighted by atomic mass is 79.9. The Hall–Kier alpha value is -2.38. The van der Waals surface area contributed by atoms with Crippen LogP contribution in [0.25, 0.3) is 0 Å². The van der Waals surface area contributed by atoms with Crippen LogP contribution in [0, 0.1) is 0 Å². The first-order valence-electron chi connectivity index (χ1n) is 13.6. The summed E-state index contributed by atoms with van der Waals surface area (Å²) in [7, 11) is 14.7. The largest absolute Gasteiger partial charge is 0.496 e. The van der Waals surface area contributed by atoms with Crippen molar-refractivity contribution in [1.29, 1.82) is 0 Å². The lowest BCUT2D eigenvalue weighted by Crippen LogP contribution is -2.32. The highest BCUT2D eigenvalue weighted by molar-refractivity contribution is 9.10. The van der Waals surface area contributed by atoms with Crippen molar-refractivity contribution in [3.8, 4) is 40.2 Å². The first-order valence-corrected chi connectivity index (χ1v) is 16.3. The quantitative estimate of drug-likeness (QED) is 0.0802. The summed E-state index contributed by atoms with van der Waals surface area (Å²) >= 11 is 3.46. The van der Waals surface area contributed by atoms with E-state index in [2.05, 4.69) is 59.1 Å². The number of hydrogen-bond donors (Lipinski definition) is 1. The lowest BCUT2D eigenvalue weighted by atomic mass is 9.99. The summed E-state index contributed by atoms with van der Waals surface area (Å²) in [6.07, 6.45) is 0.862. The molecular formula is C30H40BBrNO10P4. The molecule has 0 saturated carbocycles. The van der Waals surface area contributed by atoms with E-state index in [1.807, 2.05) is 31.2 Å². The lowest BCUT2D eigenvalue weighted by molar-refractivity contribution is -0.143. The van der Waals surface area contributed by atoms with Crippen molar-refractivity contribution < 1.29 is 46.6 Å². The summed E-state index contributed by atoms with van der Waals surface area (Å²) in [5, 5.41) is 3.29. The highest BCUT2D eigenvalue weighted by Crippen LogP contribution is 2.43. The zero-order chi connectivity index (χ0) is 34.4. The van der Waals surface area contributed by atoms with Gasteiger partial charge in [-0.15, -0.1) is 0 Å². The summed E-state index contributed by atoms with van der Waals surface area (Å²) in [5.41, 5.74) is 2.53. The smallest absolute Gasteiger partial charge is 0.327 e. The van der Waals surface area contributed by atoms with E-state index in [1.54, 1.807) is 39.3 Å². The number of hydrogen-bond acceptors (Lipinski definition) is 11. The second kappa shape index (κ2) is 21.6. The standard InChI is InChI=1S/C20H26BrNO6P2.C10H14O4P2.B/c1-11(13-8-16(27-29)19(25-3)17(9-13)28-30)10-22-18(20(23)26-4)12-5-6-15(24-2)14(21)7-12;1-6(5-11)7-3-8(13-15)10(12-2)9(4-7)14-16;/h5-9,11,18,22H,10,29-30H2,1-4H3;3-6H,15-16H2,1-2H3;/t11-,18+;6-;/m00./s1. The van der Waals surface area contributed by atoms with Crippen LogP contribution < -0.4 is 37.6 Å².